The van der Waals surface area contributed by atoms with E-state index < -0.39 is 0 Å². The molecule has 6 heteroatoms. The van der Waals surface area contributed by atoms with Crippen LogP contribution < -0.4 is 0 Å². The maximum atomic E-state index is 12.9. The number of aromatic nitrogens is 1. The summed E-state index contributed by atoms with van der Waals surface area (Å²) in [5.41, 5.74) is 1.50. The van der Waals surface area contributed by atoms with Crippen molar-refractivity contribution in [3.8, 4) is 0 Å². The van der Waals surface area contributed by atoms with Crippen LogP contribution in [-0.2, 0) is 16.1 Å². The van der Waals surface area contributed by atoms with Gasteiger partial charge in [-0.2, -0.15) is 0 Å². The Bertz CT molecular complexity index is 639. The first-order valence-corrected chi connectivity index (χ1v) is 11.5. The summed E-state index contributed by atoms with van der Waals surface area (Å²) in [7, 11) is 0. The second-order valence-electron chi connectivity index (χ2n) is 8.85. The Morgan fingerprint density at radius 2 is 2.04 bits per heavy atom. The number of carbonyl (C=O) groups is 1. The Hall–Kier alpha value is -0.980. The third-order valence-electron chi connectivity index (χ3n) is 6.61. The van der Waals surface area contributed by atoms with Gasteiger partial charge in [0.15, 0.2) is 0 Å². The third kappa shape index (κ3) is 4.90. The zero-order valence-corrected chi connectivity index (χ0v) is 17.4. The first kappa shape index (κ1) is 19.3. The molecule has 1 unspecified atom stereocenters. The summed E-state index contributed by atoms with van der Waals surface area (Å²) in [6, 6.07) is 0. The standard InChI is InChI=1S/C21H33N3O2S/c1-17-22-19(14-27-17)13-23-8-2-6-21(15-23)7-3-9-24(16-21)20(25)12-18-4-10-26-11-5-18/h14,18H,2-13,15-16H2,1H3. The Morgan fingerprint density at radius 3 is 2.78 bits per heavy atom. The zero-order chi connectivity index (χ0) is 18.7. The lowest BCUT2D eigenvalue weighted by molar-refractivity contribution is -0.137. The molecule has 0 N–H and O–H groups in total. The van der Waals surface area contributed by atoms with Crippen LogP contribution in [0.15, 0.2) is 5.38 Å². The van der Waals surface area contributed by atoms with Gasteiger partial charge in [0.2, 0.25) is 5.91 Å². The van der Waals surface area contributed by atoms with Gasteiger partial charge in [0.1, 0.15) is 0 Å². The summed E-state index contributed by atoms with van der Waals surface area (Å²) in [6.07, 6.45) is 7.74. The Kier molecular flexibility index (Phi) is 6.15. The quantitative estimate of drug-likeness (QED) is 0.788. The van der Waals surface area contributed by atoms with Gasteiger partial charge in [-0.25, -0.2) is 4.98 Å². The SMILES string of the molecule is Cc1nc(CN2CCCC3(CCCN(C(=O)CC4CCOCC4)C3)C2)cs1. The molecular weight excluding hydrogens is 358 g/mol. The van der Waals surface area contributed by atoms with Crippen molar-refractivity contribution in [2.45, 2.75) is 58.4 Å². The first-order chi connectivity index (χ1) is 13.1. The van der Waals surface area contributed by atoms with Crippen molar-refractivity contribution in [2.24, 2.45) is 11.3 Å². The highest BCUT2D eigenvalue weighted by Gasteiger charge is 2.40. The van der Waals surface area contributed by atoms with E-state index in [1.807, 2.05) is 0 Å². The second kappa shape index (κ2) is 8.58. The highest BCUT2D eigenvalue weighted by Crippen LogP contribution is 2.39. The fourth-order valence-corrected chi connectivity index (χ4v) is 5.84. The predicted octanol–water partition coefficient (Wildman–Crippen LogP) is 3.47. The van der Waals surface area contributed by atoms with E-state index in [2.05, 4.69) is 27.1 Å². The summed E-state index contributed by atoms with van der Waals surface area (Å²) in [5.74, 6) is 0.910. The molecule has 3 aliphatic rings. The number of nitrogens with zero attached hydrogens (tertiary/aromatic N) is 3. The number of aryl methyl sites for hydroxylation is 1. The molecule has 3 aliphatic heterocycles. The van der Waals surface area contributed by atoms with Gasteiger partial charge < -0.3 is 9.64 Å². The number of thiazole rings is 1. The van der Waals surface area contributed by atoms with E-state index in [4.69, 9.17) is 4.74 Å². The molecule has 1 aromatic heterocycles. The number of ether oxygens (including phenoxy) is 1. The van der Waals surface area contributed by atoms with Gasteiger partial charge in [-0.1, -0.05) is 0 Å². The Balaban J connectivity index is 1.34. The molecule has 0 radical (unpaired) electrons. The predicted molar refractivity (Wildman–Crippen MR) is 108 cm³/mol. The summed E-state index contributed by atoms with van der Waals surface area (Å²) >= 11 is 1.74. The van der Waals surface area contributed by atoms with Crippen LogP contribution in [0.1, 0.15) is 55.6 Å². The highest BCUT2D eigenvalue weighted by molar-refractivity contribution is 7.09. The minimum Gasteiger partial charge on any atom is -0.381 e. The molecule has 150 valence electrons. The largest absolute Gasteiger partial charge is 0.381 e. The number of carbonyl (C=O) groups excluding carboxylic acids is 1. The van der Waals surface area contributed by atoms with Gasteiger partial charge in [-0.15, -0.1) is 11.3 Å². The lowest BCUT2D eigenvalue weighted by Gasteiger charge is -2.48. The minimum atomic E-state index is 0.299. The molecule has 0 bridgehead atoms. The summed E-state index contributed by atoms with van der Waals surface area (Å²) in [6.45, 7) is 8.88. The third-order valence-corrected chi connectivity index (χ3v) is 7.43. The van der Waals surface area contributed by atoms with Crippen molar-refractivity contribution in [3.63, 3.8) is 0 Å². The van der Waals surface area contributed by atoms with Crippen molar-refractivity contribution in [2.75, 3.05) is 39.4 Å². The summed E-state index contributed by atoms with van der Waals surface area (Å²) < 4.78 is 5.44. The van der Waals surface area contributed by atoms with E-state index in [1.54, 1.807) is 11.3 Å². The van der Waals surface area contributed by atoms with Crippen LogP contribution >= 0.6 is 11.3 Å². The number of likely N-dealkylation sites (tertiary alicyclic amines) is 2. The van der Waals surface area contributed by atoms with Crippen LogP contribution in [0.25, 0.3) is 0 Å². The summed E-state index contributed by atoms with van der Waals surface area (Å²) in [4.78, 5) is 22.3. The van der Waals surface area contributed by atoms with Crippen molar-refractivity contribution in [1.82, 2.24) is 14.8 Å². The van der Waals surface area contributed by atoms with E-state index in [0.717, 1.165) is 76.6 Å². The smallest absolute Gasteiger partial charge is 0.222 e. The molecule has 1 aromatic rings. The average Bonchev–Trinajstić information content (AvgIpc) is 3.07. The topological polar surface area (TPSA) is 45.7 Å². The van der Waals surface area contributed by atoms with E-state index in [1.165, 1.54) is 25.0 Å². The second-order valence-corrected chi connectivity index (χ2v) is 9.91. The molecule has 0 aliphatic carbocycles. The molecular formula is C21H33N3O2S. The van der Waals surface area contributed by atoms with Crippen LogP contribution in [-0.4, -0.2) is 60.1 Å². The zero-order valence-electron chi connectivity index (χ0n) is 16.6. The van der Waals surface area contributed by atoms with Crippen molar-refractivity contribution >= 4 is 17.2 Å². The molecule has 4 rings (SSSR count). The minimum absolute atomic E-state index is 0.299. The molecule has 5 nitrogen and oxygen atoms in total. The molecule has 3 fully saturated rings. The number of hydrogen-bond donors (Lipinski definition) is 0. The monoisotopic (exact) mass is 391 g/mol. The highest BCUT2D eigenvalue weighted by atomic mass is 32.1. The maximum Gasteiger partial charge on any atom is 0.222 e. The number of piperidine rings is 2. The molecule has 1 atom stereocenters. The molecule has 0 aromatic carbocycles. The molecule has 4 heterocycles. The van der Waals surface area contributed by atoms with Crippen LogP contribution in [0.4, 0.5) is 0 Å². The van der Waals surface area contributed by atoms with Gasteiger partial charge in [-0.05, 0) is 57.9 Å². The Morgan fingerprint density at radius 1 is 1.26 bits per heavy atom. The van der Waals surface area contributed by atoms with Crippen molar-refractivity contribution in [1.29, 1.82) is 0 Å². The Labute approximate surface area is 167 Å². The van der Waals surface area contributed by atoms with E-state index in [0.29, 0.717) is 17.2 Å². The molecule has 0 saturated carbocycles. The van der Waals surface area contributed by atoms with Gasteiger partial charge in [-0.3, -0.25) is 9.69 Å². The van der Waals surface area contributed by atoms with Gasteiger partial charge >= 0.3 is 0 Å². The van der Waals surface area contributed by atoms with E-state index >= 15 is 0 Å². The van der Waals surface area contributed by atoms with Gasteiger partial charge in [0, 0.05) is 56.6 Å². The lowest BCUT2D eigenvalue weighted by Crippen LogP contribution is -2.53. The lowest BCUT2D eigenvalue weighted by atomic mass is 9.73. The van der Waals surface area contributed by atoms with Crippen LogP contribution in [0.2, 0.25) is 0 Å². The van der Waals surface area contributed by atoms with Gasteiger partial charge in [0.05, 0.1) is 10.7 Å². The van der Waals surface area contributed by atoms with Crippen molar-refractivity contribution in [3.05, 3.63) is 16.1 Å². The van der Waals surface area contributed by atoms with Crippen LogP contribution in [0.5, 0.6) is 0 Å². The average molecular weight is 392 g/mol. The van der Waals surface area contributed by atoms with E-state index in [9.17, 15) is 4.79 Å². The van der Waals surface area contributed by atoms with Crippen LogP contribution in [0, 0.1) is 18.3 Å². The summed E-state index contributed by atoms with van der Waals surface area (Å²) in [5, 5.41) is 3.35. The molecule has 1 spiro atoms. The maximum absolute atomic E-state index is 12.9. The number of amides is 1. The van der Waals surface area contributed by atoms with Crippen molar-refractivity contribution < 1.29 is 9.53 Å². The van der Waals surface area contributed by atoms with Gasteiger partial charge in [0.25, 0.3) is 0 Å². The molecule has 27 heavy (non-hydrogen) atoms. The normalized spacial score (nSPS) is 28.0. The first-order valence-electron chi connectivity index (χ1n) is 10.6. The molecule has 3 saturated heterocycles. The fraction of sp³-hybridized carbons (Fsp3) is 0.810. The number of hydrogen-bond acceptors (Lipinski definition) is 5. The van der Waals surface area contributed by atoms with E-state index in [-0.39, 0.29) is 0 Å². The van der Waals surface area contributed by atoms with Crippen LogP contribution in [0.3, 0.4) is 0 Å². The molecule has 1 amide bonds. The fourth-order valence-electron chi connectivity index (χ4n) is 5.24. The number of rotatable bonds is 4.